The van der Waals surface area contributed by atoms with E-state index in [1.165, 1.54) is 6.92 Å². The summed E-state index contributed by atoms with van der Waals surface area (Å²) in [5.74, 6) is -0.144. The molecule has 2 rings (SSSR count). The monoisotopic (exact) mass is 330 g/mol. The van der Waals surface area contributed by atoms with Crippen LogP contribution < -0.4 is 10.6 Å². The SMILES string of the molecule is CC(=O)c1ccc(NC(=O)CN[C@@H](C)c2cccc(Cl)c2)cc1. The van der Waals surface area contributed by atoms with Crippen molar-refractivity contribution >= 4 is 29.0 Å². The van der Waals surface area contributed by atoms with Crippen LogP contribution in [0.2, 0.25) is 5.02 Å². The van der Waals surface area contributed by atoms with E-state index >= 15 is 0 Å². The number of halogens is 1. The molecule has 1 amide bonds. The number of carbonyl (C=O) groups excluding carboxylic acids is 2. The maximum atomic E-state index is 12.0. The molecule has 0 unspecified atom stereocenters. The fourth-order valence-electron chi connectivity index (χ4n) is 2.13. The van der Waals surface area contributed by atoms with Gasteiger partial charge in [-0.2, -0.15) is 0 Å². The highest BCUT2D eigenvalue weighted by atomic mass is 35.5. The molecule has 0 aliphatic carbocycles. The average molecular weight is 331 g/mol. The Morgan fingerprint density at radius 1 is 1.13 bits per heavy atom. The number of anilines is 1. The standard InChI is InChI=1S/C18H19ClN2O2/c1-12(15-4-3-5-16(19)10-15)20-11-18(23)21-17-8-6-14(7-9-17)13(2)22/h3-10,12,20H,11H2,1-2H3,(H,21,23)/t12-/m0/s1. The molecular weight excluding hydrogens is 312 g/mol. The second kappa shape index (κ2) is 7.90. The van der Waals surface area contributed by atoms with Crippen LogP contribution in [0.4, 0.5) is 5.69 Å². The van der Waals surface area contributed by atoms with Gasteiger partial charge in [0.05, 0.1) is 6.54 Å². The molecule has 0 bridgehead atoms. The molecule has 23 heavy (non-hydrogen) atoms. The number of carbonyl (C=O) groups is 2. The Kier molecular flexibility index (Phi) is 5.90. The van der Waals surface area contributed by atoms with Crippen molar-refractivity contribution < 1.29 is 9.59 Å². The lowest BCUT2D eigenvalue weighted by Crippen LogP contribution is -2.30. The maximum Gasteiger partial charge on any atom is 0.238 e. The minimum absolute atomic E-state index is 0.000102. The lowest BCUT2D eigenvalue weighted by atomic mass is 10.1. The van der Waals surface area contributed by atoms with Gasteiger partial charge in [0.25, 0.3) is 0 Å². The highest BCUT2D eigenvalue weighted by Gasteiger charge is 2.08. The van der Waals surface area contributed by atoms with Gasteiger partial charge in [-0.3, -0.25) is 9.59 Å². The normalized spacial score (nSPS) is 11.8. The van der Waals surface area contributed by atoms with E-state index in [1.807, 2.05) is 31.2 Å². The van der Waals surface area contributed by atoms with E-state index < -0.39 is 0 Å². The Bertz CT molecular complexity index is 698. The summed E-state index contributed by atoms with van der Waals surface area (Å²) in [7, 11) is 0. The summed E-state index contributed by atoms with van der Waals surface area (Å²) in [6, 6.07) is 14.4. The summed E-state index contributed by atoms with van der Waals surface area (Å²) in [5, 5.41) is 6.61. The zero-order valence-electron chi connectivity index (χ0n) is 13.1. The third-order valence-electron chi connectivity index (χ3n) is 3.49. The minimum Gasteiger partial charge on any atom is -0.325 e. The summed E-state index contributed by atoms with van der Waals surface area (Å²) in [6.45, 7) is 3.66. The molecular formula is C18H19ClN2O2. The predicted molar refractivity (Wildman–Crippen MR) is 92.9 cm³/mol. The number of Topliss-reactive ketones (excluding diaryl/α,β-unsaturated/α-hetero) is 1. The van der Waals surface area contributed by atoms with Crippen molar-refractivity contribution in [3.8, 4) is 0 Å². The van der Waals surface area contributed by atoms with Crippen LogP contribution in [0.1, 0.15) is 35.8 Å². The maximum absolute atomic E-state index is 12.0. The molecule has 0 saturated carbocycles. The second-order valence-corrected chi connectivity index (χ2v) is 5.78. The molecule has 0 aromatic heterocycles. The van der Waals surface area contributed by atoms with Crippen LogP contribution in [0.3, 0.4) is 0 Å². The number of amides is 1. The molecule has 2 aromatic rings. The Labute approximate surface area is 140 Å². The number of hydrogen-bond donors (Lipinski definition) is 2. The molecule has 0 fully saturated rings. The minimum atomic E-state index is -0.144. The van der Waals surface area contributed by atoms with Gasteiger partial charge in [0, 0.05) is 22.3 Å². The van der Waals surface area contributed by atoms with Crippen molar-refractivity contribution in [3.63, 3.8) is 0 Å². The summed E-state index contributed by atoms with van der Waals surface area (Å²) in [6.07, 6.45) is 0. The van der Waals surface area contributed by atoms with Crippen molar-refractivity contribution in [1.29, 1.82) is 0 Å². The molecule has 0 spiro atoms. The Morgan fingerprint density at radius 3 is 2.43 bits per heavy atom. The molecule has 0 aliphatic heterocycles. The Balaban J connectivity index is 1.86. The van der Waals surface area contributed by atoms with Gasteiger partial charge in [-0.05, 0) is 55.8 Å². The number of ketones is 1. The van der Waals surface area contributed by atoms with Crippen molar-refractivity contribution in [3.05, 3.63) is 64.7 Å². The number of hydrogen-bond acceptors (Lipinski definition) is 3. The summed E-state index contributed by atoms with van der Waals surface area (Å²) in [5.41, 5.74) is 2.31. The molecule has 2 aromatic carbocycles. The van der Waals surface area contributed by atoms with Gasteiger partial charge in [0.15, 0.2) is 5.78 Å². The van der Waals surface area contributed by atoms with Gasteiger partial charge in [0.1, 0.15) is 0 Å². The smallest absolute Gasteiger partial charge is 0.238 e. The zero-order valence-corrected chi connectivity index (χ0v) is 13.9. The van der Waals surface area contributed by atoms with E-state index in [-0.39, 0.29) is 24.3 Å². The van der Waals surface area contributed by atoms with Gasteiger partial charge < -0.3 is 10.6 Å². The molecule has 5 heteroatoms. The zero-order chi connectivity index (χ0) is 16.8. The van der Waals surface area contributed by atoms with Gasteiger partial charge in [0.2, 0.25) is 5.91 Å². The fourth-order valence-corrected chi connectivity index (χ4v) is 2.33. The number of benzene rings is 2. The highest BCUT2D eigenvalue weighted by Crippen LogP contribution is 2.17. The van der Waals surface area contributed by atoms with Crippen LogP contribution in [-0.4, -0.2) is 18.2 Å². The van der Waals surface area contributed by atoms with Crippen LogP contribution in [0.15, 0.2) is 48.5 Å². The predicted octanol–water partition coefficient (Wildman–Crippen LogP) is 3.83. The summed E-state index contributed by atoms with van der Waals surface area (Å²) >= 11 is 5.96. The average Bonchev–Trinajstić information content (AvgIpc) is 2.53. The first-order chi connectivity index (χ1) is 11.0. The second-order valence-electron chi connectivity index (χ2n) is 5.34. The topological polar surface area (TPSA) is 58.2 Å². The van der Waals surface area contributed by atoms with Crippen molar-refractivity contribution in [1.82, 2.24) is 5.32 Å². The van der Waals surface area contributed by atoms with E-state index in [9.17, 15) is 9.59 Å². The lowest BCUT2D eigenvalue weighted by molar-refractivity contribution is -0.115. The molecule has 1 atom stereocenters. The first-order valence-corrected chi connectivity index (χ1v) is 7.73. The third-order valence-corrected chi connectivity index (χ3v) is 3.73. The molecule has 0 aliphatic rings. The van der Waals surface area contributed by atoms with E-state index in [2.05, 4.69) is 10.6 Å². The molecule has 4 nitrogen and oxygen atoms in total. The van der Waals surface area contributed by atoms with E-state index in [1.54, 1.807) is 24.3 Å². The van der Waals surface area contributed by atoms with Crippen molar-refractivity contribution in [2.75, 3.05) is 11.9 Å². The largest absolute Gasteiger partial charge is 0.325 e. The first-order valence-electron chi connectivity index (χ1n) is 7.35. The quantitative estimate of drug-likeness (QED) is 0.791. The van der Waals surface area contributed by atoms with E-state index in [0.29, 0.717) is 16.3 Å². The van der Waals surface area contributed by atoms with Gasteiger partial charge in [-0.1, -0.05) is 23.7 Å². The highest BCUT2D eigenvalue weighted by molar-refractivity contribution is 6.30. The Morgan fingerprint density at radius 2 is 1.83 bits per heavy atom. The number of nitrogens with one attached hydrogen (secondary N) is 2. The van der Waals surface area contributed by atoms with E-state index in [0.717, 1.165) is 5.56 Å². The van der Waals surface area contributed by atoms with Crippen LogP contribution >= 0.6 is 11.6 Å². The summed E-state index contributed by atoms with van der Waals surface area (Å²) in [4.78, 5) is 23.2. The first kappa shape index (κ1) is 17.2. The molecule has 0 heterocycles. The van der Waals surface area contributed by atoms with Crippen molar-refractivity contribution in [2.24, 2.45) is 0 Å². The number of rotatable bonds is 6. The van der Waals surface area contributed by atoms with Crippen molar-refractivity contribution in [2.45, 2.75) is 19.9 Å². The molecule has 2 N–H and O–H groups in total. The van der Waals surface area contributed by atoms with Gasteiger partial charge in [-0.25, -0.2) is 0 Å². The van der Waals surface area contributed by atoms with Crippen LogP contribution in [0.5, 0.6) is 0 Å². The van der Waals surface area contributed by atoms with Gasteiger partial charge in [-0.15, -0.1) is 0 Å². The summed E-state index contributed by atoms with van der Waals surface area (Å²) < 4.78 is 0. The third kappa shape index (κ3) is 5.20. The molecule has 120 valence electrons. The van der Waals surface area contributed by atoms with Crippen LogP contribution in [-0.2, 0) is 4.79 Å². The molecule has 0 saturated heterocycles. The van der Waals surface area contributed by atoms with E-state index in [4.69, 9.17) is 11.6 Å². The fraction of sp³-hybridized carbons (Fsp3) is 0.222. The lowest BCUT2D eigenvalue weighted by Gasteiger charge is -2.14. The van der Waals surface area contributed by atoms with Crippen LogP contribution in [0.25, 0.3) is 0 Å². The Hall–Kier alpha value is -2.17. The van der Waals surface area contributed by atoms with Gasteiger partial charge >= 0.3 is 0 Å². The van der Waals surface area contributed by atoms with Crippen LogP contribution in [0, 0.1) is 0 Å². The molecule has 0 radical (unpaired) electrons.